The molecule has 29 heteroatoms. The highest BCUT2D eigenvalue weighted by Crippen LogP contribution is 2.61. The molecule has 11 N–H and O–H groups in total. The number of phosphoric ester groups is 3. The Balaban J connectivity index is 1.20. The van der Waals surface area contributed by atoms with Crippen LogP contribution in [0.5, 0.6) is 5.75 Å². The van der Waals surface area contributed by atoms with Crippen molar-refractivity contribution in [3.63, 3.8) is 0 Å². The van der Waals surface area contributed by atoms with Gasteiger partial charge in [-0.25, -0.2) is 28.6 Å². The van der Waals surface area contributed by atoms with Gasteiger partial charge in [-0.1, -0.05) is 43.8 Å². The SMILES string of the molecule is CC(C)(COP(=O)(O)OP(=O)(O)OCC1OC(n2cnc3c(N)ncnc32)C(O)C1OP(=O)(O)O)C(O)C(=O)NCCC(=O)NCCSC(=O)/C=C/c1ccc(O)cc1. The third-order valence-corrected chi connectivity index (χ3v) is 12.0. The lowest BCUT2D eigenvalue weighted by atomic mass is 9.87. The number of amides is 2. The van der Waals surface area contributed by atoms with Crippen molar-refractivity contribution < 1.29 is 85.6 Å². The minimum absolute atomic E-state index is 0.0243. The Kier molecular flexibility index (Phi) is 16.5. The fraction of sp³-hybridized carbons (Fsp3) is 0.467. The maximum Gasteiger partial charge on any atom is 0.481 e. The molecule has 7 unspecified atom stereocenters. The van der Waals surface area contributed by atoms with Crippen LogP contribution in [0.15, 0.2) is 43.0 Å². The molecule has 2 aromatic heterocycles. The molecule has 1 saturated heterocycles. The van der Waals surface area contributed by atoms with Gasteiger partial charge in [-0.3, -0.25) is 32.5 Å². The van der Waals surface area contributed by atoms with Gasteiger partial charge in [-0.05, 0) is 23.8 Å². The number of thioether (sulfide) groups is 1. The second-order valence-electron chi connectivity index (χ2n) is 13.2. The molecule has 0 aliphatic carbocycles. The summed E-state index contributed by atoms with van der Waals surface area (Å²) in [5.74, 6) is -1.17. The van der Waals surface area contributed by atoms with Gasteiger partial charge in [0.25, 0.3) is 0 Å². The van der Waals surface area contributed by atoms with Crippen LogP contribution in [-0.2, 0) is 50.7 Å². The maximum atomic E-state index is 12.7. The number of benzene rings is 1. The Morgan fingerprint density at radius 1 is 1.03 bits per heavy atom. The highest BCUT2D eigenvalue weighted by molar-refractivity contribution is 8.14. The molecule has 1 fully saturated rings. The van der Waals surface area contributed by atoms with Crippen molar-refractivity contribution in [2.75, 3.05) is 37.8 Å². The number of fused-ring (bicyclic) bond motifs is 1. The van der Waals surface area contributed by atoms with Crippen LogP contribution in [0, 0.1) is 5.41 Å². The van der Waals surface area contributed by atoms with Crippen molar-refractivity contribution in [1.29, 1.82) is 0 Å². The predicted molar refractivity (Wildman–Crippen MR) is 204 cm³/mol. The van der Waals surface area contributed by atoms with E-state index in [1.165, 1.54) is 32.1 Å². The lowest BCUT2D eigenvalue weighted by molar-refractivity contribution is -0.137. The predicted octanol–water partition coefficient (Wildman–Crippen LogP) is 0.0837. The molecule has 0 saturated carbocycles. The molecule has 1 aromatic carbocycles. The number of nitrogens with zero attached hydrogens (tertiary/aromatic N) is 4. The van der Waals surface area contributed by atoms with E-state index >= 15 is 0 Å². The maximum absolute atomic E-state index is 12.7. The molecule has 1 aliphatic heterocycles. The molecule has 0 spiro atoms. The summed E-state index contributed by atoms with van der Waals surface area (Å²) >= 11 is 0.956. The quantitative estimate of drug-likeness (QED) is 0.0384. The minimum Gasteiger partial charge on any atom is -0.508 e. The lowest BCUT2D eigenvalue weighted by Crippen LogP contribution is -2.46. The highest BCUT2D eigenvalue weighted by Gasteiger charge is 2.50. The van der Waals surface area contributed by atoms with E-state index in [0.29, 0.717) is 5.56 Å². The monoisotopic (exact) mass is 913 g/mol. The minimum atomic E-state index is -5.58. The van der Waals surface area contributed by atoms with Crippen molar-refractivity contribution in [1.82, 2.24) is 30.2 Å². The van der Waals surface area contributed by atoms with Crippen LogP contribution in [0.4, 0.5) is 5.82 Å². The van der Waals surface area contributed by atoms with Gasteiger partial charge in [0.05, 0.1) is 19.5 Å². The second-order valence-corrected chi connectivity index (χ2v) is 18.5. The number of ether oxygens (including phenoxy) is 1. The number of aromatic hydroxyl groups is 1. The normalized spacial score (nSPS) is 21.2. The number of hydrogen-bond acceptors (Lipinski definition) is 19. The Morgan fingerprint density at radius 2 is 1.71 bits per heavy atom. The first-order chi connectivity index (χ1) is 27.5. The summed E-state index contributed by atoms with van der Waals surface area (Å²) < 4.78 is 62.1. The summed E-state index contributed by atoms with van der Waals surface area (Å²) in [6.07, 6.45) is -4.10. The third-order valence-electron chi connectivity index (χ3n) is 8.05. The van der Waals surface area contributed by atoms with Crippen LogP contribution >= 0.6 is 35.2 Å². The van der Waals surface area contributed by atoms with Crippen LogP contribution < -0.4 is 16.4 Å². The fourth-order valence-electron chi connectivity index (χ4n) is 5.08. The summed E-state index contributed by atoms with van der Waals surface area (Å²) in [7, 11) is -16.4. The van der Waals surface area contributed by atoms with E-state index in [-0.39, 0.29) is 53.1 Å². The van der Waals surface area contributed by atoms with E-state index in [1.807, 2.05) is 0 Å². The van der Waals surface area contributed by atoms with Crippen molar-refractivity contribution in [3.8, 4) is 5.75 Å². The summed E-state index contributed by atoms with van der Waals surface area (Å²) in [5.41, 5.74) is 4.94. The number of anilines is 1. The summed E-state index contributed by atoms with van der Waals surface area (Å²) in [6.45, 7) is 0.345. The first-order valence-corrected chi connectivity index (χ1v) is 22.5. The molecule has 0 radical (unpaired) electrons. The average Bonchev–Trinajstić information content (AvgIpc) is 3.71. The molecule has 4 rings (SSSR count). The van der Waals surface area contributed by atoms with Gasteiger partial charge < -0.3 is 56.0 Å². The number of carbonyl (C=O) groups is 3. The number of aromatic nitrogens is 4. The zero-order valence-corrected chi connectivity index (χ0v) is 34.5. The van der Waals surface area contributed by atoms with E-state index in [2.05, 4.69) is 34.4 Å². The molecular formula is C30H42N7O18P3S. The fourth-order valence-corrected chi connectivity index (χ4v) is 8.48. The van der Waals surface area contributed by atoms with Gasteiger partial charge in [0.1, 0.15) is 42.0 Å². The first-order valence-electron chi connectivity index (χ1n) is 17.0. The number of nitrogens with one attached hydrogen (secondary N) is 2. The number of aliphatic hydroxyl groups is 2. The van der Waals surface area contributed by atoms with Gasteiger partial charge in [-0.15, -0.1) is 0 Å². The zero-order valence-electron chi connectivity index (χ0n) is 31.0. The van der Waals surface area contributed by atoms with Crippen molar-refractivity contribution >= 4 is 75.2 Å². The number of nitrogen functional groups attached to an aromatic ring is 1. The highest BCUT2D eigenvalue weighted by atomic mass is 32.2. The lowest BCUT2D eigenvalue weighted by Gasteiger charge is -2.30. The number of nitrogens with two attached hydrogens (primary N) is 1. The third kappa shape index (κ3) is 14.5. The number of hydrogen-bond donors (Lipinski definition) is 10. The van der Waals surface area contributed by atoms with Gasteiger partial charge in [0, 0.05) is 30.7 Å². The largest absolute Gasteiger partial charge is 0.508 e. The summed E-state index contributed by atoms with van der Waals surface area (Å²) in [4.78, 5) is 87.7. The average molecular weight is 914 g/mol. The molecule has 59 heavy (non-hydrogen) atoms. The number of phosphoric acid groups is 3. The summed E-state index contributed by atoms with van der Waals surface area (Å²) in [5, 5.41) is 35.4. The van der Waals surface area contributed by atoms with E-state index in [9.17, 15) is 63.0 Å². The van der Waals surface area contributed by atoms with Crippen molar-refractivity contribution in [2.24, 2.45) is 5.41 Å². The van der Waals surface area contributed by atoms with Crippen LogP contribution in [0.25, 0.3) is 17.2 Å². The Hall–Kier alpha value is -3.68. The molecule has 3 aromatic rings. The Bertz CT molecular complexity index is 2140. The van der Waals surface area contributed by atoms with Crippen LogP contribution in [0.3, 0.4) is 0 Å². The molecule has 3 heterocycles. The standard InChI is InChI=1S/C30H42N7O18P3S/c1-30(2,25(42)28(43)33-10-9-20(39)32-11-12-59-21(40)8-5-17-3-6-18(38)7-4-17)14-52-58(49,50)55-57(47,48)51-13-19-24(54-56(44,45)46)23(41)29(53-19)37-16-36-22-26(31)34-15-35-27(22)37/h3-8,15-16,19,23-25,29,38,41-42H,9-14H2,1-2H3,(H,32,39)(H,33,43)(H,47,48)(H,49,50)(H2,31,34,35)(H2,44,45,46)/b8-5+. The van der Waals surface area contributed by atoms with Crippen molar-refractivity contribution in [3.05, 3.63) is 48.6 Å². The smallest absolute Gasteiger partial charge is 0.481 e. The van der Waals surface area contributed by atoms with Gasteiger partial charge >= 0.3 is 23.5 Å². The first kappa shape index (κ1) is 48.0. The van der Waals surface area contributed by atoms with E-state index < -0.39 is 84.6 Å². The number of phenols is 1. The molecular weight excluding hydrogens is 871 g/mol. The number of aliphatic hydroxyl groups excluding tert-OH is 2. The van der Waals surface area contributed by atoms with E-state index in [1.54, 1.807) is 18.2 Å². The van der Waals surface area contributed by atoms with Crippen LogP contribution in [0.2, 0.25) is 0 Å². The number of rotatable bonds is 21. The number of imidazole rings is 1. The number of phenolic OH excluding ortho intramolecular Hbond substituents is 1. The second kappa shape index (κ2) is 20.3. The molecule has 25 nitrogen and oxygen atoms in total. The Morgan fingerprint density at radius 3 is 2.39 bits per heavy atom. The summed E-state index contributed by atoms with van der Waals surface area (Å²) in [6, 6.07) is 6.21. The molecule has 1 aliphatic rings. The van der Waals surface area contributed by atoms with Crippen LogP contribution in [-0.4, -0.2) is 128 Å². The van der Waals surface area contributed by atoms with Gasteiger partial charge in [0.15, 0.2) is 17.7 Å². The Labute approximate surface area is 338 Å². The van der Waals surface area contributed by atoms with E-state index in [0.717, 1.165) is 29.0 Å². The molecule has 0 bridgehead atoms. The van der Waals surface area contributed by atoms with E-state index in [4.69, 9.17) is 19.5 Å². The topological polar surface area (TPSA) is 384 Å². The molecule has 2 amide bonds. The molecule has 326 valence electrons. The van der Waals surface area contributed by atoms with Gasteiger partial charge in [0.2, 0.25) is 16.9 Å². The van der Waals surface area contributed by atoms with Gasteiger partial charge in [-0.2, -0.15) is 4.31 Å². The number of carbonyl (C=O) groups excluding carboxylic acids is 3. The van der Waals surface area contributed by atoms with Crippen LogP contribution in [0.1, 0.15) is 32.1 Å². The van der Waals surface area contributed by atoms with Crippen molar-refractivity contribution in [2.45, 2.75) is 50.9 Å². The zero-order chi connectivity index (χ0) is 43.8. The molecule has 7 atom stereocenters.